The smallest absolute Gasteiger partial charge is 0.416 e. The zero-order valence-corrected chi connectivity index (χ0v) is 11.4. The van der Waals surface area contributed by atoms with Gasteiger partial charge in [0, 0.05) is 18.9 Å². The molecule has 0 fully saturated rings. The van der Waals surface area contributed by atoms with E-state index in [-0.39, 0.29) is 18.9 Å². The lowest BCUT2D eigenvalue weighted by Gasteiger charge is -2.13. The molecule has 0 aliphatic carbocycles. The molecule has 1 atom stereocenters. The Kier molecular flexibility index (Phi) is 5.16. The topological polar surface area (TPSA) is 67.3 Å². The molecule has 0 radical (unpaired) electrons. The van der Waals surface area contributed by atoms with Gasteiger partial charge in [-0.15, -0.1) is 0 Å². The van der Waals surface area contributed by atoms with Crippen LogP contribution in [0.2, 0.25) is 0 Å². The standard InChI is InChI=1S/C14H14F3N3O2/c15-14(16,17)10-2-4-12(5-3-10)22-9-11(21)8-20-13-18-6-1-7-19-13/h1-7,11,21H,8-9H2,(H,18,19,20). The number of ether oxygens (including phenoxy) is 1. The van der Waals surface area contributed by atoms with Crippen molar-refractivity contribution in [1.82, 2.24) is 9.97 Å². The minimum atomic E-state index is -4.38. The lowest BCUT2D eigenvalue weighted by molar-refractivity contribution is -0.137. The molecule has 0 amide bonds. The van der Waals surface area contributed by atoms with Crippen LogP contribution in [0.15, 0.2) is 42.7 Å². The second-order valence-corrected chi connectivity index (χ2v) is 4.44. The van der Waals surface area contributed by atoms with Crippen LogP contribution in [0, 0.1) is 0 Å². The molecule has 0 spiro atoms. The van der Waals surface area contributed by atoms with Gasteiger partial charge < -0.3 is 15.2 Å². The highest BCUT2D eigenvalue weighted by Crippen LogP contribution is 2.30. The van der Waals surface area contributed by atoms with E-state index in [1.165, 1.54) is 12.1 Å². The first-order valence-electron chi connectivity index (χ1n) is 6.44. The number of aliphatic hydroxyl groups is 1. The van der Waals surface area contributed by atoms with E-state index in [4.69, 9.17) is 4.74 Å². The fourth-order valence-electron chi connectivity index (χ4n) is 1.59. The zero-order valence-electron chi connectivity index (χ0n) is 11.4. The van der Waals surface area contributed by atoms with E-state index in [0.29, 0.717) is 5.95 Å². The van der Waals surface area contributed by atoms with E-state index in [0.717, 1.165) is 12.1 Å². The van der Waals surface area contributed by atoms with Crippen molar-refractivity contribution in [3.8, 4) is 5.75 Å². The minimum Gasteiger partial charge on any atom is -0.491 e. The predicted molar refractivity (Wildman–Crippen MR) is 73.5 cm³/mol. The molecule has 2 N–H and O–H groups in total. The van der Waals surface area contributed by atoms with Gasteiger partial charge in [0.15, 0.2) is 0 Å². The second-order valence-electron chi connectivity index (χ2n) is 4.44. The molecule has 0 aliphatic heterocycles. The van der Waals surface area contributed by atoms with E-state index < -0.39 is 17.8 Å². The minimum absolute atomic E-state index is 0.0643. The summed E-state index contributed by atoms with van der Waals surface area (Å²) in [5.74, 6) is 0.624. The van der Waals surface area contributed by atoms with Crippen LogP contribution in [-0.4, -0.2) is 34.3 Å². The third-order valence-corrected chi connectivity index (χ3v) is 2.69. The summed E-state index contributed by atoms with van der Waals surface area (Å²) in [6.07, 6.45) is -2.12. The molecule has 1 aromatic carbocycles. The molecule has 2 rings (SSSR count). The average Bonchev–Trinajstić information content (AvgIpc) is 2.51. The molecule has 0 saturated heterocycles. The Morgan fingerprint density at radius 3 is 2.36 bits per heavy atom. The lowest BCUT2D eigenvalue weighted by Crippen LogP contribution is -2.26. The summed E-state index contributed by atoms with van der Waals surface area (Å²) in [5.41, 5.74) is -0.747. The summed E-state index contributed by atoms with van der Waals surface area (Å²) in [6, 6.07) is 5.94. The number of rotatable bonds is 6. The van der Waals surface area contributed by atoms with Crippen molar-refractivity contribution in [2.24, 2.45) is 0 Å². The van der Waals surface area contributed by atoms with Crippen molar-refractivity contribution in [2.75, 3.05) is 18.5 Å². The Labute approximate surface area is 124 Å². The Morgan fingerprint density at radius 1 is 1.14 bits per heavy atom. The van der Waals surface area contributed by atoms with E-state index in [9.17, 15) is 18.3 Å². The Morgan fingerprint density at radius 2 is 1.77 bits per heavy atom. The van der Waals surface area contributed by atoms with E-state index in [1.807, 2.05) is 0 Å². The molecule has 5 nitrogen and oxygen atoms in total. The van der Waals surface area contributed by atoms with Gasteiger partial charge in [-0.3, -0.25) is 0 Å². The number of hydrogen-bond acceptors (Lipinski definition) is 5. The van der Waals surface area contributed by atoms with Gasteiger partial charge in [-0.25, -0.2) is 9.97 Å². The van der Waals surface area contributed by atoms with Crippen LogP contribution in [0.1, 0.15) is 5.56 Å². The number of aromatic nitrogens is 2. The number of anilines is 1. The van der Waals surface area contributed by atoms with Crippen LogP contribution < -0.4 is 10.1 Å². The zero-order chi connectivity index (χ0) is 16.0. The van der Waals surface area contributed by atoms with Crippen molar-refractivity contribution in [3.63, 3.8) is 0 Å². The van der Waals surface area contributed by atoms with E-state index >= 15 is 0 Å². The van der Waals surface area contributed by atoms with Crippen LogP contribution >= 0.6 is 0 Å². The first-order chi connectivity index (χ1) is 10.4. The third-order valence-electron chi connectivity index (χ3n) is 2.69. The molecule has 0 saturated carbocycles. The molecule has 0 aliphatic rings. The summed E-state index contributed by atoms with van der Waals surface area (Å²) >= 11 is 0. The number of hydrogen-bond donors (Lipinski definition) is 2. The summed E-state index contributed by atoms with van der Waals surface area (Å²) in [5, 5.41) is 12.5. The van der Waals surface area contributed by atoms with Crippen molar-refractivity contribution < 1.29 is 23.0 Å². The largest absolute Gasteiger partial charge is 0.491 e. The Balaban J connectivity index is 1.77. The summed E-state index contributed by atoms with van der Waals surface area (Å²) in [6.45, 7) is 0.0931. The maximum atomic E-state index is 12.4. The Hall–Kier alpha value is -2.35. The number of aliphatic hydroxyl groups excluding tert-OH is 1. The molecule has 1 unspecified atom stereocenters. The normalized spacial score (nSPS) is 12.7. The van der Waals surface area contributed by atoms with Crippen molar-refractivity contribution in [2.45, 2.75) is 12.3 Å². The number of benzene rings is 1. The van der Waals surface area contributed by atoms with Gasteiger partial charge in [-0.05, 0) is 30.3 Å². The molecule has 1 heterocycles. The predicted octanol–water partition coefficient (Wildman–Crippen LogP) is 2.35. The first-order valence-corrected chi connectivity index (χ1v) is 6.44. The van der Waals surface area contributed by atoms with Gasteiger partial charge >= 0.3 is 6.18 Å². The summed E-state index contributed by atoms with van der Waals surface area (Å²) < 4.78 is 42.4. The van der Waals surface area contributed by atoms with Gasteiger partial charge in [0.1, 0.15) is 18.5 Å². The molecule has 118 valence electrons. The van der Waals surface area contributed by atoms with Gasteiger partial charge in [-0.2, -0.15) is 13.2 Å². The fraction of sp³-hybridized carbons (Fsp3) is 0.286. The molecule has 1 aromatic heterocycles. The fourth-order valence-corrected chi connectivity index (χ4v) is 1.59. The molecular formula is C14H14F3N3O2. The molecule has 2 aromatic rings. The van der Waals surface area contributed by atoms with Gasteiger partial charge in [-0.1, -0.05) is 0 Å². The monoisotopic (exact) mass is 313 g/mol. The number of halogens is 3. The van der Waals surface area contributed by atoms with Crippen molar-refractivity contribution >= 4 is 5.95 Å². The number of nitrogens with zero attached hydrogens (tertiary/aromatic N) is 2. The van der Waals surface area contributed by atoms with Crippen LogP contribution in [0.4, 0.5) is 19.1 Å². The van der Waals surface area contributed by atoms with Gasteiger partial charge in [0.25, 0.3) is 0 Å². The van der Waals surface area contributed by atoms with E-state index in [1.54, 1.807) is 18.5 Å². The summed E-state index contributed by atoms with van der Waals surface area (Å²) in [4.78, 5) is 7.84. The molecule has 0 bridgehead atoms. The molecule has 8 heteroatoms. The average molecular weight is 313 g/mol. The first kappa shape index (κ1) is 16.0. The highest BCUT2D eigenvalue weighted by atomic mass is 19.4. The van der Waals surface area contributed by atoms with Gasteiger partial charge in [0.05, 0.1) is 5.56 Å². The quantitative estimate of drug-likeness (QED) is 0.857. The SMILES string of the molecule is OC(CNc1ncccn1)COc1ccc(C(F)(F)F)cc1. The lowest BCUT2D eigenvalue weighted by atomic mass is 10.2. The number of nitrogens with one attached hydrogen (secondary N) is 1. The molecule has 22 heavy (non-hydrogen) atoms. The van der Waals surface area contributed by atoms with Gasteiger partial charge in [0.2, 0.25) is 5.95 Å². The molecular weight excluding hydrogens is 299 g/mol. The maximum absolute atomic E-state index is 12.4. The highest BCUT2D eigenvalue weighted by Gasteiger charge is 2.30. The van der Waals surface area contributed by atoms with Crippen molar-refractivity contribution in [1.29, 1.82) is 0 Å². The Bertz CT molecular complexity index is 576. The number of alkyl halides is 3. The van der Waals surface area contributed by atoms with Crippen molar-refractivity contribution in [3.05, 3.63) is 48.3 Å². The van der Waals surface area contributed by atoms with E-state index in [2.05, 4.69) is 15.3 Å². The third kappa shape index (κ3) is 4.88. The highest BCUT2D eigenvalue weighted by molar-refractivity contribution is 5.29. The summed E-state index contributed by atoms with van der Waals surface area (Å²) in [7, 11) is 0. The van der Waals surface area contributed by atoms with Crippen LogP contribution in [0.5, 0.6) is 5.75 Å². The van der Waals surface area contributed by atoms with Crippen LogP contribution in [0.3, 0.4) is 0 Å². The maximum Gasteiger partial charge on any atom is 0.416 e. The second kappa shape index (κ2) is 7.08. The van der Waals surface area contributed by atoms with Crippen LogP contribution in [-0.2, 0) is 6.18 Å². The van der Waals surface area contributed by atoms with Crippen LogP contribution in [0.25, 0.3) is 0 Å².